The number of amidine groups is 1. The van der Waals surface area contributed by atoms with Gasteiger partial charge < -0.3 is 9.88 Å². The van der Waals surface area contributed by atoms with Crippen molar-refractivity contribution in [2.45, 2.75) is 0 Å². The molecule has 2 aromatic carbocycles. The summed E-state index contributed by atoms with van der Waals surface area (Å²) < 4.78 is 0. The maximum absolute atomic E-state index is 5.05. The van der Waals surface area contributed by atoms with Gasteiger partial charge in [0.2, 0.25) is 10.9 Å². The van der Waals surface area contributed by atoms with Crippen molar-refractivity contribution in [3.8, 4) is 11.3 Å². The minimum atomic E-state index is 0.228. The van der Waals surface area contributed by atoms with Crippen LogP contribution in [0.25, 0.3) is 33.1 Å². The highest BCUT2D eigenvalue weighted by Crippen LogP contribution is 2.36. The zero-order valence-corrected chi connectivity index (χ0v) is 16.2. The molecule has 136 valence electrons. The van der Waals surface area contributed by atoms with E-state index in [1.807, 2.05) is 44.4 Å². The number of thiocarbonyl (C=S) groups is 1. The molecule has 0 bridgehead atoms. The second kappa shape index (κ2) is 6.31. The topological polar surface area (TPSA) is 69.0 Å². The van der Waals surface area contributed by atoms with Crippen molar-refractivity contribution in [3.63, 3.8) is 0 Å². The van der Waals surface area contributed by atoms with Gasteiger partial charge in [0.25, 0.3) is 0 Å². The second-order valence-electron chi connectivity index (χ2n) is 6.78. The molecule has 1 aliphatic heterocycles. The lowest BCUT2D eigenvalue weighted by Crippen LogP contribution is -2.10. The lowest BCUT2D eigenvalue weighted by molar-refractivity contribution is 1.13. The number of hydrogen-bond donors (Lipinski definition) is 1. The quantitative estimate of drug-likeness (QED) is 0.508. The third-order valence-electron chi connectivity index (χ3n) is 4.80. The van der Waals surface area contributed by atoms with Crippen LogP contribution in [0.2, 0.25) is 0 Å². The highest BCUT2D eigenvalue weighted by molar-refractivity contribution is 7.80. The molecule has 0 amide bonds. The maximum atomic E-state index is 5.05. The van der Waals surface area contributed by atoms with Crippen LogP contribution in [0.3, 0.4) is 0 Å². The van der Waals surface area contributed by atoms with Crippen LogP contribution < -0.4 is 4.90 Å². The molecular weight excluding hydrogens is 368 g/mol. The molecule has 0 saturated carbocycles. The van der Waals surface area contributed by atoms with E-state index in [-0.39, 0.29) is 5.11 Å². The number of nitrogens with one attached hydrogen (secondary N) is 1. The Labute approximate surface area is 166 Å². The average molecular weight is 384 g/mol. The minimum Gasteiger partial charge on any atom is -0.377 e. The van der Waals surface area contributed by atoms with Crippen LogP contribution >= 0.6 is 12.2 Å². The molecule has 0 aliphatic carbocycles. The predicted molar refractivity (Wildman–Crippen MR) is 117 cm³/mol. The molecule has 0 saturated heterocycles. The molecular formula is C21H16N6S. The SMILES string of the molecule is CN(C)c1ccccc1-c1nc(C2=NC(=S)N=N2)cc2c1[nH]c1ccccc12. The van der Waals surface area contributed by atoms with E-state index in [1.54, 1.807) is 0 Å². The molecule has 0 unspecified atom stereocenters. The molecule has 1 N–H and O–H groups in total. The number of pyridine rings is 1. The van der Waals surface area contributed by atoms with Gasteiger partial charge in [0, 0.05) is 41.6 Å². The molecule has 5 rings (SSSR count). The number of benzene rings is 2. The fourth-order valence-electron chi connectivity index (χ4n) is 3.55. The summed E-state index contributed by atoms with van der Waals surface area (Å²) >= 11 is 5.05. The summed E-state index contributed by atoms with van der Waals surface area (Å²) in [4.78, 5) is 14.8. The van der Waals surface area contributed by atoms with Crippen molar-refractivity contribution in [2.75, 3.05) is 19.0 Å². The Morgan fingerprint density at radius 1 is 0.929 bits per heavy atom. The van der Waals surface area contributed by atoms with Gasteiger partial charge in [0.1, 0.15) is 5.69 Å². The third-order valence-corrected chi connectivity index (χ3v) is 4.97. The number of azo groups is 1. The first kappa shape index (κ1) is 16.7. The van der Waals surface area contributed by atoms with Crippen LogP contribution in [0.4, 0.5) is 5.69 Å². The van der Waals surface area contributed by atoms with Crippen molar-refractivity contribution >= 4 is 50.7 Å². The Bertz CT molecular complexity index is 1320. The molecule has 2 aromatic heterocycles. The van der Waals surface area contributed by atoms with Crippen molar-refractivity contribution in [2.24, 2.45) is 15.2 Å². The van der Waals surface area contributed by atoms with Crippen molar-refractivity contribution < 1.29 is 0 Å². The van der Waals surface area contributed by atoms with Crippen molar-refractivity contribution in [1.82, 2.24) is 9.97 Å². The van der Waals surface area contributed by atoms with E-state index in [4.69, 9.17) is 17.2 Å². The monoisotopic (exact) mass is 384 g/mol. The van der Waals surface area contributed by atoms with Crippen LogP contribution in [0, 0.1) is 0 Å². The average Bonchev–Trinajstić information content (AvgIpc) is 3.30. The number of hydrogen-bond acceptors (Lipinski definition) is 4. The molecule has 6 nitrogen and oxygen atoms in total. The molecule has 0 radical (unpaired) electrons. The second-order valence-corrected chi connectivity index (χ2v) is 7.14. The molecule has 0 spiro atoms. The summed E-state index contributed by atoms with van der Waals surface area (Å²) in [5.74, 6) is 0.445. The molecule has 0 fully saturated rings. The van der Waals surface area contributed by atoms with E-state index in [9.17, 15) is 0 Å². The largest absolute Gasteiger partial charge is 0.377 e. The molecule has 4 aromatic rings. The van der Waals surface area contributed by atoms with Crippen LogP contribution in [0.15, 0.2) is 69.8 Å². The number of aromatic nitrogens is 2. The highest BCUT2D eigenvalue weighted by atomic mass is 32.1. The first-order valence-corrected chi connectivity index (χ1v) is 9.25. The Balaban J connectivity index is 1.89. The van der Waals surface area contributed by atoms with Crippen molar-refractivity contribution in [1.29, 1.82) is 0 Å². The van der Waals surface area contributed by atoms with E-state index in [0.717, 1.165) is 38.8 Å². The van der Waals surface area contributed by atoms with Gasteiger partial charge in [-0.1, -0.05) is 36.4 Å². The first-order valence-electron chi connectivity index (χ1n) is 8.85. The first-order chi connectivity index (χ1) is 13.6. The zero-order chi connectivity index (χ0) is 19.3. The minimum absolute atomic E-state index is 0.228. The van der Waals surface area contributed by atoms with E-state index in [2.05, 4.69) is 49.4 Å². The van der Waals surface area contributed by atoms with Crippen LogP contribution in [-0.2, 0) is 0 Å². The number of nitrogens with zero attached hydrogens (tertiary/aromatic N) is 5. The predicted octanol–water partition coefficient (Wildman–Crippen LogP) is 4.95. The van der Waals surface area contributed by atoms with Crippen LogP contribution in [-0.4, -0.2) is 35.0 Å². The lowest BCUT2D eigenvalue weighted by atomic mass is 10.0. The maximum Gasteiger partial charge on any atom is 0.242 e. The fraction of sp³-hybridized carbons (Fsp3) is 0.0952. The number of para-hydroxylation sites is 2. The summed E-state index contributed by atoms with van der Waals surface area (Å²) in [6.07, 6.45) is 0. The van der Waals surface area contributed by atoms with Gasteiger partial charge in [-0.15, -0.1) is 10.2 Å². The summed E-state index contributed by atoms with van der Waals surface area (Å²) in [7, 11) is 4.05. The highest BCUT2D eigenvalue weighted by Gasteiger charge is 2.20. The van der Waals surface area contributed by atoms with Gasteiger partial charge in [-0.2, -0.15) is 4.99 Å². The summed E-state index contributed by atoms with van der Waals surface area (Å²) in [6.45, 7) is 0. The van der Waals surface area contributed by atoms with E-state index >= 15 is 0 Å². The lowest BCUT2D eigenvalue weighted by Gasteiger charge is -2.17. The molecule has 3 heterocycles. The summed E-state index contributed by atoms with van der Waals surface area (Å²) in [6, 6.07) is 18.4. The zero-order valence-electron chi connectivity index (χ0n) is 15.3. The van der Waals surface area contributed by atoms with Gasteiger partial charge in [-0.3, -0.25) is 0 Å². The molecule has 1 aliphatic rings. The fourth-order valence-corrected chi connectivity index (χ4v) is 3.68. The van der Waals surface area contributed by atoms with Gasteiger partial charge in [-0.05, 0) is 30.4 Å². The van der Waals surface area contributed by atoms with Crippen LogP contribution in [0.5, 0.6) is 0 Å². The van der Waals surface area contributed by atoms with Gasteiger partial charge in [0.05, 0.1) is 11.2 Å². The smallest absolute Gasteiger partial charge is 0.242 e. The summed E-state index contributed by atoms with van der Waals surface area (Å²) in [5, 5.41) is 10.4. The number of fused-ring (bicyclic) bond motifs is 3. The van der Waals surface area contributed by atoms with E-state index in [1.165, 1.54) is 0 Å². The Kier molecular flexibility index (Phi) is 3.77. The molecule has 28 heavy (non-hydrogen) atoms. The van der Waals surface area contributed by atoms with Gasteiger partial charge in [-0.25, -0.2) is 4.98 Å². The molecule has 0 atom stereocenters. The van der Waals surface area contributed by atoms with Gasteiger partial charge >= 0.3 is 0 Å². The Hall–Kier alpha value is -3.45. The third kappa shape index (κ3) is 2.59. The normalized spacial score (nSPS) is 13.5. The van der Waals surface area contributed by atoms with E-state index in [0.29, 0.717) is 11.5 Å². The number of aliphatic imine (C=N–C) groups is 1. The number of aromatic amines is 1. The summed E-state index contributed by atoms with van der Waals surface area (Å²) in [5.41, 5.74) is 5.66. The number of H-pyrrole nitrogens is 1. The Morgan fingerprint density at radius 3 is 2.50 bits per heavy atom. The Morgan fingerprint density at radius 2 is 1.71 bits per heavy atom. The number of rotatable bonds is 3. The number of anilines is 1. The molecule has 7 heteroatoms. The standard InChI is InChI=1S/C21H16N6S/c1-27(2)17-10-6-4-8-13(17)18-19-14(12-7-3-5-9-15(12)22-19)11-16(23-18)20-24-21(28)26-25-20/h3-11,22H,1-2H3. The van der Waals surface area contributed by atoms with Crippen molar-refractivity contribution in [3.05, 3.63) is 60.3 Å². The van der Waals surface area contributed by atoms with Crippen LogP contribution in [0.1, 0.15) is 5.69 Å². The van der Waals surface area contributed by atoms with Gasteiger partial charge in [0.15, 0.2) is 0 Å². The van der Waals surface area contributed by atoms with E-state index < -0.39 is 0 Å².